The molecule has 2 saturated heterocycles. The normalized spacial score (nSPS) is 18.6. The third-order valence-corrected chi connectivity index (χ3v) is 5.66. The molecule has 1 aromatic carbocycles. The van der Waals surface area contributed by atoms with Crippen molar-refractivity contribution < 1.29 is 18.7 Å². The second-order valence-corrected chi connectivity index (χ2v) is 7.58. The average Bonchev–Trinajstić information content (AvgIpc) is 3.19. The van der Waals surface area contributed by atoms with Gasteiger partial charge in [0.25, 0.3) is 0 Å². The van der Waals surface area contributed by atoms with Gasteiger partial charge >= 0.3 is 6.09 Å². The summed E-state index contributed by atoms with van der Waals surface area (Å²) in [6.45, 7) is 4.31. The van der Waals surface area contributed by atoms with E-state index >= 15 is 0 Å². The molecule has 0 bridgehead atoms. The predicted molar refractivity (Wildman–Crippen MR) is 104 cm³/mol. The summed E-state index contributed by atoms with van der Waals surface area (Å²) < 4.78 is 15.4. The molecule has 0 atom stereocenters. The van der Waals surface area contributed by atoms with Crippen molar-refractivity contribution in [1.29, 1.82) is 0 Å². The van der Waals surface area contributed by atoms with Crippen LogP contribution in [0.1, 0.15) is 30.6 Å². The smallest absolute Gasteiger partial charge is 0.412 e. The third kappa shape index (κ3) is 5.11. The number of piperidine rings is 1. The molecule has 2 aliphatic rings. The Balaban J connectivity index is 1.16. The third-order valence-electron chi connectivity index (χ3n) is 5.66. The molecule has 28 heavy (non-hydrogen) atoms. The van der Waals surface area contributed by atoms with E-state index in [0.29, 0.717) is 11.8 Å². The summed E-state index contributed by atoms with van der Waals surface area (Å²) in [5.41, 5.74) is 2.03. The van der Waals surface area contributed by atoms with E-state index in [1.807, 2.05) is 12.1 Å². The minimum absolute atomic E-state index is 0.0660. The monoisotopic (exact) mass is 385 g/mol. The molecule has 2 aliphatic heterocycles. The largest absolute Gasteiger partial charge is 0.445 e. The van der Waals surface area contributed by atoms with Crippen molar-refractivity contribution in [2.75, 3.05) is 31.6 Å². The highest BCUT2D eigenvalue weighted by atomic mass is 16.6. The number of oxazole rings is 1. The molecule has 7 heteroatoms. The molecular formula is C21H27N3O4. The second kappa shape index (κ2) is 9.21. The molecule has 0 radical (unpaired) electrons. The first-order valence-electron chi connectivity index (χ1n) is 9.98. The quantitative estimate of drug-likeness (QED) is 0.786. The van der Waals surface area contributed by atoms with Gasteiger partial charge in [0.1, 0.15) is 0 Å². The molecule has 1 amide bonds. The maximum atomic E-state index is 11.8. The molecule has 2 fully saturated rings. The molecule has 0 spiro atoms. The van der Waals surface area contributed by atoms with Crippen molar-refractivity contribution in [2.45, 2.75) is 38.3 Å². The molecule has 7 nitrogen and oxygen atoms in total. The van der Waals surface area contributed by atoms with Crippen LogP contribution in [0.15, 0.2) is 41.3 Å². The van der Waals surface area contributed by atoms with E-state index in [1.165, 1.54) is 50.5 Å². The standard InChI is InChI=1S/C21H27N3O4/c25-21(27-14-20-11-22-15-28-20)23-18-5-3-16(4-6-18)1-2-17-7-9-24(10-8-17)19-12-26-13-19/h3-6,11,15,17,19H,1-2,7-10,12-14H2,(H,23,25). The summed E-state index contributed by atoms with van der Waals surface area (Å²) in [6, 6.07) is 8.66. The highest BCUT2D eigenvalue weighted by molar-refractivity contribution is 5.84. The fourth-order valence-electron chi connectivity index (χ4n) is 3.77. The molecule has 1 N–H and O–H groups in total. The van der Waals surface area contributed by atoms with E-state index in [0.717, 1.165) is 31.2 Å². The SMILES string of the molecule is O=C(Nc1ccc(CCC2CCN(C3COC3)CC2)cc1)OCc1cnco1. The van der Waals surface area contributed by atoms with Gasteiger partial charge in [-0.2, -0.15) is 0 Å². The van der Waals surface area contributed by atoms with Crippen molar-refractivity contribution in [3.05, 3.63) is 48.2 Å². The van der Waals surface area contributed by atoms with Crippen molar-refractivity contribution >= 4 is 11.8 Å². The van der Waals surface area contributed by atoms with Gasteiger partial charge in [-0.1, -0.05) is 12.1 Å². The summed E-state index contributed by atoms with van der Waals surface area (Å²) >= 11 is 0. The zero-order chi connectivity index (χ0) is 19.2. The fraction of sp³-hybridized carbons (Fsp3) is 0.524. The van der Waals surface area contributed by atoms with Gasteiger partial charge in [-0.15, -0.1) is 0 Å². The lowest BCUT2D eigenvalue weighted by Gasteiger charge is -2.41. The average molecular weight is 385 g/mol. The summed E-state index contributed by atoms with van der Waals surface area (Å²) in [5.74, 6) is 1.32. The number of carbonyl (C=O) groups excluding carboxylic acids is 1. The highest BCUT2D eigenvalue weighted by Crippen LogP contribution is 2.25. The number of aryl methyl sites for hydroxylation is 1. The summed E-state index contributed by atoms with van der Waals surface area (Å²) in [4.78, 5) is 18.2. The van der Waals surface area contributed by atoms with Crippen LogP contribution < -0.4 is 5.32 Å². The Morgan fingerprint density at radius 3 is 2.64 bits per heavy atom. The lowest BCUT2D eigenvalue weighted by molar-refractivity contribution is -0.0739. The van der Waals surface area contributed by atoms with Crippen LogP contribution in [0.5, 0.6) is 0 Å². The first kappa shape index (κ1) is 19.0. The van der Waals surface area contributed by atoms with Crippen LogP contribution >= 0.6 is 0 Å². The van der Waals surface area contributed by atoms with E-state index in [9.17, 15) is 4.79 Å². The summed E-state index contributed by atoms with van der Waals surface area (Å²) in [6.07, 6.45) is 7.19. The Kier molecular flexibility index (Phi) is 6.24. The minimum atomic E-state index is -0.507. The number of amides is 1. The number of carbonyl (C=O) groups is 1. The Hall–Kier alpha value is -2.38. The number of anilines is 1. The second-order valence-electron chi connectivity index (χ2n) is 7.58. The van der Waals surface area contributed by atoms with Crippen molar-refractivity contribution in [1.82, 2.24) is 9.88 Å². The number of rotatable bonds is 7. The molecule has 0 aliphatic carbocycles. The zero-order valence-corrected chi connectivity index (χ0v) is 16.0. The molecular weight excluding hydrogens is 358 g/mol. The predicted octanol–water partition coefficient (Wildman–Crippen LogP) is 3.47. The van der Waals surface area contributed by atoms with Crippen molar-refractivity contribution in [3.63, 3.8) is 0 Å². The topological polar surface area (TPSA) is 76.8 Å². The summed E-state index contributed by atoms with van der Waals surface area (Å²) in [7, 11) is 0. The van der Waals surface area contributed by atoms with Gasteiger partial charge in [-0.3, -0.25) is 10.2 Å². The van der Waals surface area contributed by atoms with Crippen LogP contribution in [-0.2, 0) is 22.5 Å². The van der Waals surface area contributed by atoms with Crippen LogP contribution in [0.3, 0.4) is 0 Å². The Morgan fingerprint density at radius 1 is 1.21 bits per heavy atom. The summed E-state index contributed by atoms with van der Waals surface area (Å²) in [5, 5.41) is 2.72. The van der Waals surface area contributed by atoms with E-state index in [-0.39, 0.29) is 6.61 Å². The van der Waals surface area contributed by atoms with Crippen LogP contribution in [-0.4, -0.2) is 48.3 Å². The number of hydrogen-bond donors (Lipinski definition) is 1. The molecule has 2 aromatic rings. The highest BCUT2D eigenvalue weighted by Gasteiger charge is 2.29. The van der Waals surface area contributed by atoms with Gasteiger partial charge in [-0.05, 0) is 62.4 Å². The van der Waals surface area contributed by atoms with Crippen molar-refractivity contribution in [3.8, 4) is 0 Å². The van der Waals surface area contributed by atoms with Gasteiger partial charge in [-0.25, -0.2) is 9.78 Å². The number of nitrogens with zero attached hydrogens (tertiary/aromatic N) is 2. The molecule has 4 rings (SSSR count). The number of ether oxygens (including phenoxy) is 2. The first-order chi connectivity index (χ1) is 13.8. The number of nitrogens with one attached hydrogen (secondary N) is 1. The number of benzene rings is 1. The molecule has 3 heterocycles. The molecule has 0 unspecified atom stereocenters. The maximum Gasteiger partial charge on any atom is 0.412 e. The van der Waals surface area contributed by atoms with Crippen molar-refractivity contribution in [2.24, 2.45) is 5.92 Å². The van der Waals surface area contributed by atoms with Gasteiger partial charge < -0.3 is 13.9 Å². The lowest BCUT2D eigenvalue weighted by atomic mass is 9.90. The van der Waals surface area contributed by atoms with Crippen LogP contribution in [0.25, 0.3) is 0 Å². The molecule has 0 saturated carbocycles. The molecule has 1 aromatic heterocycles. The maximum absolute atomic E-state index is 11.8. The van der Waals surface area contributed by atoms with Crippen LogP contribution in [0.4, 0.5) is 10.5 Å². The number of hydrogen-bond acceptors (Lipinski definition) is 6. The van der Waals surface area contributed by atoms with Gasteiger partial charge in [0, 0.05) is 5.69 Å². The molecule has 150 valence electrons. The number of likely N-dealkylation sites (tertiary alicyclic amines) is 1. The van der Waals surface area contributed by atoms with E-state index < -0.39 is 6.09 Å². The Labute approximate surface area is 165 Å². The van der Waals surface area contributed by atoms with Crippen LogP contribution in [0.2, 0.25) is 0 Å². The first-order valence-corrected chi connectivity index (χ1v) is 9.98. The number of aromatic nitrogens is 1. The van der Waals surface area contributed by atoms with Gasteiger partial charge in [0.2, 0.25) is 0 Å². The fourth-order valence-corrected chi connectivity index (χ4v) is 3.77. The zero-order valence-electron chi connectivity index (χ0n) is 16.0. The lowest BCUT2D eigenvalue weighted by Crippen LogP contribution is -2.51. The van der Waals surface area contributed by atoms with Crippen LogP contribution in [0, 0.1) is 5.92 Å². The van der Waals surface area contributed by atoms with Gasteiger partial charge in [0.15, 0.2) is 18.8 Å². The Bertz CT molecular complexity index is 736. The van der Waals surface area contributed by atoms with E-state index in [2.05, 4.69) is 27.3 Å². The van der Waals surface area contributed by atoms with Gasteiger partial charge in [0.05, 0.1) is 25.5 Å². The van der Waals surface area contributed by atoms with E-state index in [4.69, 9.17) is 13.9 Å². The van der Waals surface area contributed by atoms with E-state index in [1.54, 1.807) is 0 Å². The minimum Gasteiger partial charge on any atom is -0.445 e. The Morgan fingerprint density at radius 2 is 2.00 bits per heavy atom.